The van der Waals surface area contributed by atoms with E-state index < -0.39 is 5.91 Å². The van der Waals surface area contributed by atoms with Crippen molar-refractivity contribution in [3.8, 4) is 6.07 Å². The van der Waals surface area contributed by atoms with Crippen molar-refractivity contribution in [3.63, 3.8) is 0 Å². The van der Waals surface area contributed by atoms with Crippen LogP contribution in [0.1, 0.15) is 16.9 Å². The number of furan rings is 1. The summed E-state index contributed by atoms with van der Waals surface area (Å²) in [5.74, 6) is 0.184. The van der Waals surface area contributed by atoms with Crippen LogP contribution in [-0.4, -0.2) is 10.5 Å². The van der Waals surface area contributed by atoms with Gasteiger partial charge in [0, 0.05) is 34.2 Å². The highest BCUT2D eigenvalue weighted by atomic mass is 35.5. The van der Waals surface area contributed by atoms with Crippen molar-refractivity contribution in [1.82, 2.24) is 9.88 Å². The van der Waals surface area contributed by atoms with Crippen LogP contribution in [0.15, 0.2) is 83.1 Å². The Kier molecular flexibility index (Phi) is 5.69. The van der Waals surface area contributed by atoms with Crippen LogP contribution in [0.2, 0.25) is 5.02 Å². The maximum Gasteiger partial charge on any atom is 0.262 e. The normalized spacial score (nSPS) is 11.4. The van der Waals surface area contributed by atoms with E-state index in [1.54, 1.807) is 18.2 Å². The van der Waals surface area contributed by atoms with E-state index in [0.29, 0.717) is 17.3 Å². The number of halogens is 1. The van der Waals surface area contributed by atoms with Crippen molar-refractivity contribution in [1.29, 1.82) is 5.26 Å². The number of nitrogens with one attached hydrogen (secondary N) is 1. The van der Waals surface area contributed by atoms with E-state index in [0.717, 1.165) is 22.0 Å². The van der Waals surface area contributed by atoms with E-state index in [4.69, 9.17) is 16.0 Å². The molecule has 2 heterocycles. The van der Waals surface area contributed by atoms with Crippen LogP contribution in [0.3, 0.4) is 0 Å². The van der Waals surface area contributed by atoms with Crippen molar-refractivity contribution in [3.05, 3.63) is 101 Å². The van der Waals surface area contributed by atoms with Gasteiger partial charge in [0.2, 0.25) is 0 Å². The summed E-state index contributed by atoms with van der Waals surface area (Å²) in [6.45, 7) is 0.876. The molecule has 0 atom stereocenters. The zero-order valence-corrected chi connectivity index (χ0v) is 16.8. The highest BCUT2D eigenvalue weighted by Crippen LogP contribution is 2.25. The van der Waals surface area contributed by atoms with Crippen molar-refractivity contribution >= 4 is 34.5 Å². The minimum Gasteiger partial charge on any atom is -0.467 e. The smallest absolute Gasteiger partial charge is 0.262 e. The van der Waals surface area contributed by atoms with Crippen LogP contribution < -0.4 is 5.32 Å². The molecule has 0 aliphatic rings. The number of carbonyl (C=O) groups excluding carboxylic acids is 1. The number of rotatable bonds is 6. The van der Waals surface area contributed by atoms with E-state index in [9.17, 15) is 10.1 Å². The summed E-state index contributed by atoms with van der Waals surface area (Å²) < 4.78 is 7.31. The summed E-state index contributed by atoms with van der Waals surface area (Å²) in [4.78, 5) is 12.5. The molecule has 148 valence electrons. The lowest BCUT2D eigenvalue weighted by atomic mass is 10.1. The average molecular weight is 416 g/mol. The highest BCUT2D eigenvalue weighted by Gasteiger charge is 2.13. The molecule has 0 aliphatic carbocycles. The Morgan fingerprint density at radius 3 is 2.67 bits per heavy atom. The number of fused-ring (bicyclic) bond motifs is 1. The molecular formula is C24H18ClN3O2. The zero-order valence-electron chi connectivity index (χ0n) is 16.0. The first-order valence-corrected chi connectivity index (χ1v) is 9.76. The van der Waals surface area contributed by atoms with Gasteiger partial charge in [-0.1, -0.05) is 41.9 Å². The Bertz CT molecular complexity index is 1250. The van der Waals surface area contributed by atoms with Crippen LogP contribution in [0.4, 0.5) is 0 Å². The zero-order chi connectivity index (χ0) is 20.9. The molecule has 6 heteroatoms. The number of hydrogen-bond donors (Lipinski definition) is 1. The molecule has 5 nitrogen and oxygen atoms in total. The van der Waals surface area contributed by atoms with Crippen LogP contribution in [0, 0.1) is 11.3 Å². The molecule has 0 spiro atoms. The lowest BCUT2D eigenvalue weighted by Crippen LogP contribution is -2.23. The van der Waals surface area contributed by atoms with Crippen molar-refractivity contribution in [2.45, 2.75) is 13.1 Å². The summed E-state index contributed by atoms with van der Waals surface area (Å²) in [6.07, 6.45) is 5.12. The predicted octanol–water partition coefficient (Wildman–Crippen LogP) is 5.16. The quantitative estimate of drug-likeness (QED) is 0.349. The Labute approximate surface area is 178 Å². The van der Waals surface area contributed by atoms with Crippen molar-refractivity contribution in [2.24, 2.45) is 0 Å². The molecule has 0 bridgehead atoms. The predicted molar refractivity (Wildman–Crippen MR) is 117 cm³/mol. The second kappa shape index (κ2) is 8.73. The molecule has 0 unspecified atom stereocenters. The monoisotopic (exact) mass is 415 g/mol. The SMILES string of the molecule is N#C/C(=C/c1cn(Cc2ccc(Cl)cc2)c2ccccc12)C(=O)NCc1ccco1. The molecule has 4 rings (SSSR count). The lowest BCUT2D eigenvalue weighted by molar-refractivity contribution is -0.117. The fourth-order valence-electron chi connectivity index (χ4n) is 3.29. The van der Waals surface area contributed by atoms with Crippen LogP contribution >= 0.6 is 11.6 Å². The Balaban J connectivity index is 1.63. The van der Waals surface area contributed by atoms with Gasteiger partial charge in [-0.05, 0) is 42.0 Å². The van der Waals surface area contributed by atoms with Crippen LogP contribution in [0.5, 0.6) is 0 Å². The number of carbonyl (C=O) groups is 1. The minimum atomic E-state index is -0.441. The third-order valence-corrected chi connectivity index (χ3v) is 5.01. The number of para-hydroxylation sites is 1. The number of hydrogen-bond acceptors (Lipinski definition) is 3. The van der Waals surface area contributed by atoms with Gasteiger partial charge in [0.15, 0.2) is 0 Å². The first-order valence-electron chi connectivity index (χ1n) is 9.39. The van der Waals surface area contributed by atoms with Crippen molar-refractivity contribution < 1.29 is 9.21 Å². The molecule has 30 heavy (non-hydrogen) atoms. The number of benzene rings is 2. The summed E-state index contributed by atoms with van der Waals surface area (Å²) in [5.41, 5.74) is 2.97. The summed E-state index contributed by atoms with van der Waals surface area (Å²) in [7, 11) is 0. The van der Waals surface area contributed by atoms with E-state index >= 15 is 0 Å². The van der Waals surface area contributed by atoms with Gasteiger partial charge >= 0.3 is 0 Å². The van der Waals surface area contributed by atoms with Crippen LogP contribution in [-0.2, 0) is 17.9 Å². The fraction of sp³-hybridized carbons (Fsp3) is 0.0833. The number of nitriles is 1. The maximum absolute atomic E-state index is 12.5. The number of amides is 1. The molecule has 0 fully saturated rings. The molecule has 2 aromatic carbocycles. The van der Waals surface area contributed by atoms with Gasteiger partial charge in [-0.3, -0.25) is 4.79 Å². The number of aromatic nitrogens is 1. The molecule has 4 aromatic rings. The highest BCUT2D eigenvalue weighted by molar-refractivity contribution is 6.30. The Morgan fingerprint density at radius 2 is 1.93 bits per heavy atom. The third kappa shape index (κ3) is 4.29. The Hall–Kier alpha value is -3.75. The van der Waals surface area contributed by atoms with Crippen molar-refractivity contribution in [2.75, 3.05) is 0 Å². The molecule has 2 aromatic heterocycles. The summed E-state index contributed by atoms with van der Waals surface area (Å²) in [5, 5.41) is 13.9. The van der Waals surface area contributed by atoms with Gasteiger partial charge in [-0.2, -0.15) is 5.26 Å². The average Bonchev–Trinajstić information content (AvgIpc) is 3.40. The second-order valence-corrected chi connectivity index (χ2v) is 7.22. The Morgan fingerprint density at radius 1 is 1.13 bits per heavy atom. The molecule has 0 saturated heterocycles. The number of nitrogens with zero attached hydrogens (tertiary/aromatic N) is 2. The van der Waals surface area contributed by atoms with Gasteiger partial charge in [-0.15, -0.1) is 0 Å². The van der Waals surface area contributed by atoms with E-state index in [2.05, 4.69) is 9.88 Å². The molecular weight excluding hydrogens is 398 g/mol. The molecule has 0 aliphatic heterocycles. The summed E-state index contributed by atoms with van der Waals surface area (Å²) in [6, 6.07) is 21.1. The maximum atomic E-state index is 12.5. The van der Waals surface area contributed by atoms with Gasteiger partial charge < -0.3 is 14.3 Å². The minimum absolute atomic E-state index is 0.0379. The third-order valence-electron chi connectivity index (χ3n) is 4.75. The van der Waals surface area contributed by atoms with E-state index in [-0.39, 0.29) is 12.1 Å². The van der Waals surface area contributed by atoms with Crippen LogP contribution in [0.25, 0.3) is 17.0 Å². The van der Waals surface area contributed by atoms with E-state index in [1.807, 2.05) is 60.8 Å². The van der Waals surface area contributed by atoms with Gasteiger partial charge in [-0.25, -0.2) is 0 Å². The first kappa shape index (κ1) is 19.6. The standard InChI is InChI=1S/C24H18ClN3O2/c25-20-9-7-17(8-10-20)15-28-16-19(22-5-1-2-6-23(22)28)12-18(13-26)24(29)27-14-21-4-3-11-30-21/h1-12,16H,14-15H2,(H,27,29)/b18-12-. The molecule has 0 radical (unpaired) electrons. The summed E-state index contributed by atoms with van der Waals surface area (Å²) >= 11 is 5.99. The fourth-order valence-corrected chi connectivity index (χ4v) is 3.41. The molecule has 1 N–H and O–H groups in total. The van der Waals surface area contributed by atoms with E-state index in [1.165, 1.54) is 6.26 Å². The molecule has 1 amide bonds. The topological polar surface area (TPSA) is 71.0 Å². The van der Waals surface area contributed by atoms with Gasteiger partial charge in [0.1, 0.15) is 17.4 Å². The molecule has 0 saturated carbocycles. The largest absolute Gasteiger partial charge is 0.467 e. The lowest BCUT2D eigenvalue weighted by Gasteiger charge is -2.05. The first-order chi connectivity index (χ1) is 14.6. The second-order valence-electron chi connectivity index (χ2n) is 6.79. The van der Waals surface area contributed by atoms with Gasteiger partial charge in [0.05, 0.1) is 12.8 Å². The van der Waals surface area contributed by atoms with Gasteiger partial charge in [0.25, 0.3) is 5.91 Å².